The smallest absolute Gasteiger partial charge is 0.336 e. The van der Waals surface area contributed by atoms with Crippen molar-refractivity contribution >= 4 is 17.7 Å². The van der Waals surface area contributed by atoms with Crippen molar-refractivity contribution in [2.24, 2.45) is 5.92 Å². The first-order chi connectivity index (χ1) is 9.88. The fourth-order valence-electron chi connectivity index (χ4n) is 2.45. The fraction of sp³-hybridized carbons (Fsp3) is 0.467. The van der Waals surface area contributed by atoms with Crippen LogP contribution < -0.4 is 5.32 Å². The number of carbonyl (C=O) groups is 2. The summed E-state index contributed by atoms with van der Waals surface area (Å²) < 4.78 is 0. The number of rotatable bonds is 2. The van der Waals surface area contributed by atoms with Gasteiger partial charge < -0.3 is 20.4 Å². The molecule has 1 heterocycles. The van der Waals surface area contributed by atoms with E-state index in [0.717, 1.165) is 0 Å². The lowest BCUT2D eigenvalue weighted by Crippen LogP contribution is -2.46. The van der Waals surface area contributed by atoms with Gasteiger partial charge in [-0.05, 0) is 37.0 Å². The Labute approximate surface area is 123 Å². The van der Waals surface area contributed by atoms with E-state index in [1.54, 1.807) is 24.0 Å². The van der Waals surface area contributed by atoms with Gasteiger partial charge in [0, 0.05) is 18.8 Å². The molecule has 1 aromatic rings. The number of carbonyl (C=O) groups excluding carboxylic acids is 1. The highest BCUT2D eigenvalue weighted by Gasteiger charge is 2.27. The SMILES string of the molecule is Cc1ccc(NC(=O)N2CCC(O)C(C)C2)cc1C(=O)O. The van der Waals surface area contributed by atoms with Crippen LogP contribution in [0.4, 0.5) is 10.5 Å². The van der Waals surface area contributed by atoms with Gasteiger partial charge in [0.2, 0.25) is 0 Å². The molecule has 1 fully saturated rings. The zero-order valence-electron chi connectivity index (χ0n) is 12.2. The number of anilines is 1. The second-order valence-electron chi connectivity index (χ2n) is 5.54. The average Bonchev–Trinajstić information content (AvgIpc) is 2.43. The number of likely N-dealkylation sites (tertiary alicyclic amines) is 1. The molecule has 0 spiro atoms. The number of aromatic carboxylic acids is 1. The number of hydrogen-bond acceptors (Lipinski definition) is 3. The van der Waals surface area contributed by atoms with Gasteiger partial charge in [-0.15, -0.1) is 0 Å². The van der Waals surface area contributed by atoms with Gasteiger partial charge in [-0.25, -0.2) is 9.59 Å². The molecule has 0 aromatic heterocycles. The third kappa shape index (κ3) is 3.52. The maximum atomic E-state index is 12.2. The number of aliphatic hydroxyl groups is 1. The number of amides is 2. The Balaban J connectivity index is 2.06. The molecule has 2 unspecified atom stereocenters. The molecule has 0 aliphatic carbocycles. The van der Waals surface area contributed by atoms with Crippen LogP contribution in [0.2, 0.25) is 0 Å². The summed E-state index contributed by atoms with van der Waals surface area (Å²) >= 11 is 0. The lowest BCUT2D eigenvalue weighted by atomic mass is 9.97. The minimum Gasteiger partial charge on any atom is -0.478 e. The number of nitrogens with one attached hydrogen (secondary N) is 1. The third-order valence-corrected chi connectivity index (χ3v) is 3.87. The maximum Gasteiger partial charge on any atom is 0.336 e. The van der Waals surface area contributed by atoms with E-state index in [2.05, 4.69) is 5.32 Å². The number of carboxylic acids is 1. The number of hydrogen-bond donors (Lipinski definition) is 3. The molecular weight excluding hydrogens is 272 g/mol. The van der Waals surface area contributed by atoms with Gasteiger partial charge in [0.25, 0.3) is 0 Å². The normalized spacial score (nSPS) is 22.0. The van der Waals surface area contributed by atoms with E-state index >= 15 is 0 Å². The largest absolute Gasteiger partial charge is 0.478 e. The van der Waals surface area contributed by atoms with E-state index in [1.165, 1.54) is 6.07 Å². The lowest BCUT2D eigenvalue weighted by Gasteiger charge is -2.34. The van der Waals surface area contributed by atoms with Crippen LogP contribution in [0.15, 0.2) is 18.2 Å². The standard InChI is InChI=1S/C15H20N2O4/c1-9-3-4-11(7-12(9)14(19)20)16-15(21)17-6-5-13(18)10(2)8-17/h3-4,7,10,13,18H,5-6,8H2,1-2H3,(H,16,21)(H,19,20). The molecule has 0 bridgehead atoms. The zero-order valence-corrected chi connectivity index (χ0v) is 12.2. The Morgan fingerprint density at radius 1 is 1.38 bits per heavy atom. The molecule has 2 rings (SSSR count). The molecular formula is C15H20N2O4. The summed E-state index contributed by atoms with van der Waals surface area (Å²) in [7, 11) is 0. The molecule has 1 saturated heterocycles. The molecule has 0 radical (unpaired) electrons. The summed E-state index contributed by atoms with van der Waals surface area (Å²) in [5.41, 5.74) is 1.28. The first-order valence-electron chi connectivity index (χ1n) is 6.96. The zero-order chi connectivity index (χ0) is 15.6. The van der Waals surface area contributed by atoms with Crippen molar-refractivity contribution in [2.45, 2.75) is 26.4 Å². The Hall–Kier alpha value is -2.08. The molecule has 2 amide bonds. The second kappa shape index (κ2) is 6.13. The molecule has 114 valence electrons. The number of aliphatic hydroxyl groups excluding tert-OH is 1. The molecule has 6 nitrogen and oxygen atoms in total. The van der Waals surface area contributed by atoms with Crippen molar-refractivity contribution in [3.63, 3.8) is 0 Å². The van der Waals surface area contributed by atoms with Crippen LogP contribution in [-0.4, -0.2) is 46.3 Å². The van der Waals surface area contributed by atoms with Crippen LogP contribution in [0.5, 0.6) is 0 Å². The average molecular weight is 292 g/mol. The number of aryl methyl sites for hydroxylation is 1. The molecule has 6 heteroatoms. The topological polar surface area (TPSA) is 89.9 Å². The Morgan fingerprint density at radius 3 is 2.71 bits per heavy atom. The van der Waals surface area contributed by atoms with Crippen LogP contribution in [0.1, 0.15) is 29.3 Å². The van der Waals surface area contributed by atoms with Crippen LogP contribution in [0.25, 0.3) is 0 Å². The van der Waals surface area contributed by atoms with Gasteiger partial charge in [-0.2, -0.15) is 0 Å². The van der Waals surface area contributed by atoms with Gasteiger partial charge in [0.1, 0.15) is 0 Å². The lowest BCUT2D eigenvalue weighted by molar-refractivity contribution is 0.0505. The van der Waals surface area contributed by atoms with Crippen LogP contribution >= 0.6 is 0 Å². The Morgan fingerprint density at radius 2 is 2.10 bits per heavy atom. The molecule has 0 saturated carbocycles. The number of carboxylic acid groups (broad SMARTS) is 1. The van der Waals surface area contributed by atoms with Crippen molar-refractivity contribution < 1.29 is 19.8 Å². The quantitative estimate of drug-likeness (QED) is 0.777. The third-order valence-electron chi connectivity index (χ3n) is 3.87. The molecule has 21 heavy (non-hydrogen) atoms. The number of urea groups is 1. The summed E-state index contributed by atoms with van der Waals surface area (Å²) in [4.78, 5) is 24.9. The predicted molar refractivity (Wildman–Crippen MR) is 78.5 cm³/mol. The second-order valence-corrected chi connectivity index (χ2v) is 5.54. The monoisotopic (exact) mass is 292 g/mol. The van der Waals surface area contributed by atoms with E-state index in [9.17, 15) is 14.7 Å². The molecule has 1 aliphatic heterocycles. The van der Waals surface area contributed by atoms with Crippen molar-refractivity contribution in [2.75, 3.05) is 18.4 Å². The molecule has 1 aromatic carbocycles. The minimum atomic E-state index is -1.02. The molecule has 1 aliphatic rings. The van der Waals surface area contributed by atoms with E-state index < -0.39 is 5.97 Å². The van der Waals surface area contributed by atoms with E-state index in [0.29, 0.717) is 30.8 Å². The Bertz CT molecular complexity index is 559. The van der Waals surface area contributed by atoms with Crippen LogP contribution in [0.3, 0.4) is 0 Å². The highest BCUT2D eigenvalue weighted by molar-refractivity contribution is 5.94. The van der Waals surface area contributed by atoms with Gasteiger partial charge >= 0.3 is 12.0 Å². The summed E-state index contributed by atoms with van der Waals surface area (Å²) in [5, 5.41) is 21.5. The van der Waals surface area contributed by atoms with Gasteiger partial charge in [0.05, 0.1) is 11.7 Å². The first kappa shape index (κ1) is 15.3. The van der Waals surface area contributed by atoms with E-state index in [-0.39, 0.29) is 23.6 Å². The fourth-order valence-corrected chi connectivity index (χ4v) is 2.45. The highest BCUT2D eigenvalue weighted by Crippen LogP contribution is 2.19. The Kier molecular flexibility index (Phi) is 4.47. The van der Waals surface area contributed by atoms with Crippen LogP contribution in [-0.2, 0) is 0 Å². The van der Waals surface area contributed by atoms with Gasteiger partial charge in [0.15, 0.2) is 0 Å². The first-order valence-corrected chi connectivity index (χ1v) is 6.96. The number of nitrogens with zero attached hydrogens (tertiary/aromatic N) is 1. The van der Waals surface area contributed by atoms with Crippen LogP contribution in [0, 0.1) is 12.8 Å². The van der Waals surface area contributed by atoms with E-state index in [1.807, 2.05) is 6.92 Å². The predicted octanol–water partition coefficient (Wildman–Crippen LogP) is 1.93. The highest BCUT2D eigenvalue weighted by atomic mass is 16.4. The summed E-state index contributed by atoms with van der Waals surface area (Å²) in [6.45, 7) is 4.60. The maximum absolute atomic E-state index is 12.2. The van der Waals surface area contributed by atoms with E-state index in [4.69, 9.17) is 5.11 Å². The summed E-state index contributed by atoms with van der Waals surface area (Å²) in [5.74, 6) is -0.976. The molecule has 2 atom stereocenters. The number of piperidine rings is 1. The summed E-state index contributed by atoms with van der Waals surface area (Å²) in [6, 6.07) is 4.54. The van der Waals surface area contributed by atoms with Gasteiger partial charge in [-0.3, -0.25) is 0 Å². The van der Waals surface area contributed by atoms with Crippen molar-refractivity contribution in [1.29, 1.82) is 0 Å². The van der Waals surface area contributed by atoms with Crippen molar-refractivity contribution in [3.05, 3.63) is 29.3 Å². The van der Waals surface area contributed by atoms with Crippen molar-refractivity contribution in [3.8, 4) is 0 Å². The number of benzene rings is 1. The van der Waals surface area contributed by atoms with Crippen molar-refractivity contribution in [1.82, 2.24) is 4.90 Å². The summed E-state index contributed by atoms with van der Waals surface area (Å²) in [6.07, 6.45) is 0.190. The molecule has 3 N–H and O–H groups in total. The van der Waals surface area contributed by atoms with Gasteiger partial charge in [-0.1, -0.05) is 13.0 Å². The minimum absolute atomic E-state index is 0.0390.